The largest absolute Gasteiger partial charge is 0.481 e. The van der Waals surface area contributed by atoms with Crippen molar-refractivity contribution in [2.24, 2.45) is 56.2 Å². The van der Waals surface area contributed by atoms with E-state index < -0.39 is 22.2 Å². The number of rotatable bonds is 1. The third-order valence-electron chi connectivity index (χ3n) is 12.9. The number of hydrogen-bond donors (Lipinski definition) is 1. The molecule has 0 unspecified atom stereocenters. The molecule has 4 saturated carbocycles. The zero-order chi connectivity index (χ0) is 26.7. The summed E-state index contributed by atoms with van der Waals surface area (Å²) in [6, 6.07) is 2.18. The van der Waals surface area contributed by atoms with Gasteiger partial charge in [0, 0.05) is 17.8 Å². The van der Waals surface area contributed by atoms with Crippen LogP contribution in [0.2, 0.25) is 0 Å². The molecule has 0 aromatic rings. The summed E-state index contributed by atoms with van der Waals surface area (Å²) in [5.41, 5.74) is -2.07. The Morgan fingerprint density at radius 2 is 1.58 bits per heavy atom. The molecule has 0 bridgehead atoms. The number of nitrogens with zero attached hydrogens (tertiary/aromatic N) is 1. The number of carboxylic acids is 1. The number of Topliss-reactive ketones (excluding diaryl/α,β-unsaturated/α-hetero) is 2. The molecule has 0 amide bonds. The molecule has 1 N–H and O–H groups in total. The van der Waals surface area contributed by atoms with Gasteiger partial charge in [-0.3, -0.25) is 14.4 Å². The summed E-state index contributed by atoms with van der Waals surface area (Å²) < 4.78 is 0. The highest BCUT2D eigenvalue weighted by Crippen LogP contribution is 2.75. The Labute approximate surface area is 216 Å². The van der Waals surface area contributed by atoms with E-state index in [0.29, 0.717) is 19.3 Å². The van der Waals surface area contributed by atoms with Gasteiger partial charge in [-0.05, 0) is 84.4 Å². The van der Waals surface area contributed by atoms with Gasteiger partial charge >= 0.3 is 5.97 Å². The smallest absolute Gasteiger partial charge is 0.309 e. The number of nitriles is 1. The van der Waals surface area contributed by atoms with Crippen molar-refractivity contribution >= 4 is 17.5 Å². The standard InChI is InChI=1S/C31H43NO4/c1-26(2)10-12-31(25(35)36)13-11-30(7)23(19(31)16-26)20(33)14-22-28(5)15-18(17-32)24(34)27(3,4)21(28)8-9-29(22,30)6/h15,19,21-23H,8-14,16H2,1-7H3,(H,35,36)/t19-,21-,22+,23-,28-,29+,30+,31-/m0/s1. The average molecular weight is 494 g/mol. The van der Waals surface area contributed by atoms with Crippen LogP contribution >= 0.6 is 0 Å². The molecule has 0 radical (unpaired) electrons. The second-order valence-electron chi connectivity index (χ2n) is 15.1. The minimum absolute atomic E-state index is 0.0295. The Morgan fingerprint density at radius 3 is 2.19 bits per heavy atom. The maximum absolute atomic E-state index is 14.3. The van der Waals surface area contributed by atoms with Crippen LogP contribution in [0.3, 0.4) is 0 Å². The van der Waals surface area contributed by atoms with Crippen LogP contribution in [0.25, 0.3) is 0 Å². The van der Waals surface area contributed by atoms with Crippen molar-refractivity contribution in [2.45, 2.75) is 99.8 Å². The molecule has 5 aliphatic rings. The van der Waals surface area contributed by atoms with Crippen LogP contribution in [0.15, 0.2) is 11.6 Å². The van der Waals surface area contributed by atoms with Crippen LogP contribution < -0.4 is 0 Å². The van der Waals surface area contributed by atoms with E-state index in [1.807, 2.05) is 19.9 Å². The normalized spacial score (nSPS) is 48.9. The van der Waals surface area contributed by atoms with Crippen molar-refractivity contribution in [3.63, 3.8) is 0 Å². The van der Waals surface area contributed by atoms with Gasteiger partial charge in [0.15, 0.2) is 5.78 Å². The van der Waals surface area contributed by atoms with Crippen LogP contribution in [0.1, 0.15) is 99.8 Å². The lowest BCUT2D eigenvalue weighted by molar-refractivity contribution is -0.225. The van der Waals surface area contributed by atoms with Gasteiger partial charge in [-0.2, -0.15) is 5.26 Å². The Morgan fingerprint density at radius 1 is 0.944 bits per heavy atom. The first-order valence-corrected chi connectivity index (χ1v) is 13.9. The second kappa shape index (κ2) is 7.33. The summed E-state index contributed by atoms with van der Waals surface area (Å²) in [6.07, 6.45) is 7.87. The first-order chi connectivity index (χ1) is 16.5. The molecule has 5 aliphatic carbocycles. The highest BCUT2D eigenvalue weighted by atomic mass is 16.4. The predicted octanol–water partition coefficient (Wildman–Crippen LogP) is 6.37. The van der Waals surface area contributed by atoms with E-state index in [-0.39, 0.29) is 57.1 Å². The number of carboxylic acid groups (broad SMARTS) is 1. The number of allylic oxidation sites excluding steroid dienone is 2. The van der Waals surface area contributed by atoms with Gasteiger partial charge in [0.1, 0.15) is 11.9 Å². The summed E-state index contributed by atoms with van der Waals surface area (Å²) in [7, 11) is 0. The van der Waals surface area contributed by atoms with Crippen molar-refractivity contribution in [1.29, 1.82) is 5.26 Å². The zero-order valence-corrected chi connectivity index (χ0v) is 23.2. The van der Waals surface area contributed by atoms with Crippen LogP contribution in [0.5, 0.6) is 0 Å². The number of ketones is 2. The van der Waals surface area contributed by atoms with Gasteiger partial charge in [-0.25, -0.2) is 0 Å². The number of carbonyl (C=O) groups is 3. The quantitative estimate of drug-likeness (QED) is 0.458. The maximum atomic E-state index is 14.3. The molecule has 196 valence electrons. The van der Waals surface area contributed by atoms with Gasteiger partial charge in [0.25, 0.3) is 0 Å². The van der Waals surface area contributed by atoms with E-state index in [1.165, 1.54) is 0 Å². The molecular formula is C31H43NO4. The first kappa shape index (κ1) is 25.7. The van der Waals surface area contributed by atoms with Crippen molar-refractivity contribution in [2.75, 3.05) is 0 Å². The van der Waals surface area contributed by atoms with Crippen LogP contribution in [-0.2, 0) is 14.4 Å². The van der Waals surface area contributed by atoms with Crippen molar-refractivity contribution in [3.05, 3.63) is 11.6 Å². The molecule has 4 fully saturated rings. The highest BCUT2D eigenvalue weighted by Gasteiger charge is 2.73. The van der Waals surface area contributed by atoms with Gasteiger partial charge in [-0.15, -0.1) is 0 Å². The number of hydrogen-bond acceptors (Lipinski definition) is 4. The highest BCUT2D eigenvalue weighted by molar-refractivity contribution is 6.04. The van der Waals surface area contributed by atoms with Gasteiger partial charge < -0.3 is 5.11 Å². The molecule has 36 heavy (non-hydrogen) atoms. The molecule has 8 atom stereocenters. The van der Waals surface area contributed by atoms with Crippen molar-refractivity contribution in [3.8, 4) is 6.07 Å². The summed E-state index contributed by atoms with van der Waals surface area (Å²) in [4.78, 5) is 40.3. The lowest BCUT2D eigenvalue weighted by Gasteiger charge is -2.71. The molecule has 5 rings (SSSR count). The minimum Gasteiger partial charge on any atom is -0.481 e. The van der Waals surface area contributed by atoms with Crippen LogP contribution in [-0.4, -0.2) is 22.6 Å². The van der Waals surface area contributed by atoms with E-state index in [1.54, 1.807) is 0 Å². The fourth-order valence-electron chi connectivity index (χ4n) is 10.7. The lowest BCUT2D eigenvalue weighted by atomic mass is 9.31. The molecule has 0 heterocycles. The predicted molar refractivity (Wildman–Crippen MR) is 137 cm³/mol. The fraction of sp³-hybridized carbons (Fsp3) is 0.806. The summed E-state index contributed by atoms with van der Waals surface area (Å²) >= 11 is 0. The molecule has 0 saturated heterocycles. The molecule has 0 aromatic heterocycles. The summed E-state index contributed by atoms with van der Waals surface area (Å²) in [6.45, 7) is 15.2. The summed E-state index contributed by atoms with van der Waals surface area (Å²) in [5.74, 6) is -0.843. The van der Waals surface area contributed by atoms with Crippen molar-refractivity contribution in [1.82, 2.24) is 0 Å². The number of fused-ring (bicyclic) bond motifs is 7. The average Bonchev–Trinajstić information content (AvgIpc) is 2.77. The van der Waals surface area contributed by atoms with Crippen LogP contribution in [0.4, 0.5) is 0 Å². The number of aliphatic carboxylic acids is 1. The van der Waals surface area contributed by atoms with Gasteiger partial charge in [0.2, 0.25) is 0 Å². The first-order valence-electron chi connectivity index (χ1n) is 13.9. The molecule has 5 nitrogen and oxygen atoms in total. The fourth-order valence-corrected chi connectivity index (χ4v) is 10.7. The zero-order valence-electron chi connectivity index (χ0n) is 23.2. The van der Waals surface area contributed by atoms with Crippen LogP contribution in [0, 0.1) is 67.5 Å². The van der Waals surface area contributed by atoms with Gasteiger partial charge in [0.05, 0.1) is 11.0 Å². The Bertz CT molecular complexity index is 1130. The topological polar surface area (TPSA) is 95.2 Å². The van der Waals surface area contributed by atoms with Crippen molar-refractivity contribution < 1.29 is 19.5 Å². The molecule has 0 aliphatic heterocycles. The van der Waals surface area contributed by atoms with E-state index in [9.17, 15) is 24.8 Å². The number of carbonyl (C=O) groups excluding carboxylic acids is 2. The summed E-state index contributed by atoms with van der Waals surface area (Å²) in [5, 5.41) is 20.4. The molecule has 0 aromatic carbocycles. The monoisotopic (exact) mass is 493 g/mol. The SMILES string of the molecule is CC1(C)CC[C@]2(C(=O)O)CC[C@]3(C)[C@H](C(=O)C[C@@H]4[C@@]5(C)C=C(C#N)C(=O)C(C)(C)[C@@H]5CC[C@]43C)[C@@H]2C1. The molecular weight excluding hydrogens is 450 g/mol. The minimum atomic E-state index is -0.799. The Kier molecular flexibility index (Phi) is 5.23. The lowest BCUT2D eigenvalue weighted by Crippen LogP contribution is -2.69. The maximum Gasteiger partial charge on any atom is 0.309 e. The third-order valence-corrected chi connectivity index (χ3v) is 12.9. The van der Waals surface area contributed by atoms with E-state index in [4.69, 9.17) is 0 Å². The van der Waals surface area contributed by atoms with E-state index in [0.717, 1.165) is 32.1 Å². The molecule has 0 spiro atoms. The molecule has 5 heteroatoms. The second-order valence-corrected chi connectivity index (χ2v) is 15.1. The van der Waals surface area contributed by atoms with Gasteiger partial charge in [-0.1, -0.05) is 54.5 Å². The Balaban J connectivity index is 1.65. The Hall–Kier alpha value is -1.96. The van der Waals surface area contributed by atoms with E-state index in [2.05, 4.69) is 40.7 Å². The third kappa shape index (κ3) is 2.91. The van der Waals surface area contributed by atoms with E-state index >= 15 is 0 Å².